The van der Waals surface area contributed by atoms with Crippen molar-refractivity contribution in [3.63, 3.8) is 0 Å². The average Bonchev–Trinajstić information content (AvgIpc) is 1.68. The third-order valence-corrected chi connectivity index (χ3v) is 0.520. The molecule has 0 bridgehead atoms. The summed E-state index contributed by atoms with van der Waals surface area (Å²) in [5, 5.41) is 7.88. The highest BCUT2D eigenvalue weighted by Crippen LogP contribution is 2.04. The lowest BCUT2D eigenvalue weighted by atomic mass is 10.9. The van der Waals surface area contributed by atoms with E-state index in [0.717, 1.165) is 0 Å². The lowest BCUT2D eigenvalue weighted by molar-refractivity contribution is -0.0933. The van der Waals surface area contributed by atoms with Crippen LogP contribution in [0.1, 0.15) is 0 Å². The highest BCUT2D eigenvalue weighted by molar-refractivity contribution is 6.01. The third-order valence-electron chi connectivity index (χ3n) is 0.520. The predicted molar refractivity (Wildman–Crippen MR) is 15.5 cm³/mol. The fourth-order valence-corrected chi connectivity index (χ4v) is 0.197. The van der Waals surface area contributed by atoms with Gasteiger partial charge in [0.25, 0.3) is 0 Å². The van der Waals surface area contributed by atoms with Crippen molar-refractivity contribution in [2.75, 3.05) is 0 Å². The van der Waals surface area contributed by atoms with Crippen LogP contribution in [-0.2, 0) is 4.74 Å². The Hall–Kier alpha value is -1.10. The van der Waals surface area contributed by atoms with Crippen LogP contribution >= 0.6 is 0 Å². The Balaban J connectivity index is 2.59. The van der Waals surface area contributed by atoms with Crippen molar-refractivity contribution in [2.45, 2.75) is 0 Å². The molecule has 1 rings (SSSR count). The van der Waals surface area contributed by atoms with E-state index in [0.29, 0.717) is 0 Å². The molecule has 7 heavy (non-hydrogen) atoms. The highest BCUT2D eigenvalue weighted by Gasteiger charge is 2.36. The lowest BCUT2D eigenvalue weighted by Gasteiger charge is -2.18. The molecule has 5 heteroatoms. The molecule has 0 radical (unpaired) electrons. The second kappa shape index (κ2) is 0.941. The minimum Gasteiger partial charge on any atom is -0.355 e. The molecule has 0 saturated carbocycles. The Morgan fingerprint density at radius 1 is 1.43 bits per heavy atom. The number of ether oxygens (including phenoxy) is 1. The van der Waals surface area contributed by atoms with Crippen LogP contribution in [-0.4, -0.2) is 22.5 Å². The summed E-state index contributed by atoms with van der Waals surface area (Å²) in [4.78, 5) is 19.3. The van der Waals surface area contributed by atoms with Gasteiger partial charge >= 0.3 is 12.2 Å². The van der Waals surface area contributed by atoms with Crippen molar-refractivity contribution in [2.24, 2.45) is 0 Å². The van der Waals surface area contributed by atoms with Gasteiger partial charge in [-0.3, -0.25) is 5.21 Å². The number of carbonyl (C=O) groups is 2. The molecule has 2 amide bonds. The average molecular weight is 103 g/mol. The molecule has 0 spiro atoms. The van der Waals surface area contributed by atoms with Gasteiger partial charge in [-0.2, -0.15) is 0 Å². The summed E-state index contributed by atoms with van der Waals surface area (Å²) in [6.07, 6.45) is -2.05. The number of hydrogen-bond donors (Lipinski definition) is 1. The third kappa shape index (κ3) is 0.347. The molecule has 1 aliphatic rings. The summed E-state index contributed by atoms with van der Waals surface area (Å²) >= 11 is 0. The van der Waals surface area contributed by atoms with E-state index in [2.05, 4.69) is 4.74 Å². The van der Waals surface area contributed by atoms with Crippen LogP contribution in [0.4, 0.5) is 9.59 Å². The number of amides is 2. The van der Waals surface area contributed by atoms with Crippen LogP contribution in [0, 0.1) is 0 Å². The van der Waals surface area contributed by atoms with Gasteiger partial charge < -0.3 is 4.74 Å². The maximum Gasteiger partial charge on any atom is 0.453 e. The molecule has 1 fully saturated rings. The molecule has 0 atom stereocenters. The fraction of sp³-hybridized carbons (Fsp3) is 0. The van der Waals surface area contributed by atoms with Crippen molar-refractivity contribution < 1.29 is 19.5 Å². The van der Waals surface area contributed by atoms with Crippen LogP contribution in [0.3, 0.4) is 0 Å². The maximum atomic E-state index is 9.67. The van der Waals surface area contributed by atoms with Crippen LogP contribution in [0.5, 0.6) is 0 Å². The zero-order valence-electron chi connectivity index (χ0n) is 3.12. The van der Waals surface area contributed by atoms with E-state index in [1.165, 1.54) is 0 Å². The first-order valence-corrected chi connectivity index (χ1v) is 1.46. The van der Waals surface area contributed by atoms with Gasteiger partial charge in [0.05, 0.1) is 0 Å². The van der Waals surface area contributed by atoms with Crippen molar-refractivity contribution in [3.8, 4) is 0 Å². The maximum absolute atomic E-state index is 9.67. The van der Waals surface area contributed by atoms with Gasteiger partial charge in [0.1, 0.15) is 0 Å². The van der Waals surface area contributed by atoms with Gasteiger partial charge in [-0.15, -0.1) is 0 Å². The summed E-state index contributed by atoms with van der Waals surface area (Å²) in [6, 6.07) is 0. The molecule has 0 aliphatic carbocycles. The van der Waals surface area contributed by atoms with Gasteiger partial charge in [-0.05, 0) is 0 Å². The normalized spacial score (nSPS) is 18.7. The summed E-state index contributed by atoms with van der Waals surface area (Å²) < 4.78 is 3.65. The number of cyclic esters (lactones) is 2. The largest absolute Gasteiger partial charge is 0.453 e. The number of imide groups is 1. The van der Waals surface area contributed by atoms with Gasteiger partial charge in [0.2, 0.25) is 0 Å². The Bertz CT molecular complexity index is 116. The summed E-state index contributed by atoms with van der Waals surface area (Å²) in [6.45, 7) is 0. The van der Waals surface area contributed by atoms with Crippen molar-refractivity contribution in [3.05, 3.63) is 0 Å². The van der Waals surface area contributed by atoms with E-state index in [1.807, 2.05) is 0 Å². The molecular weight excluding hydrogens is 102 g/mol. The minimum atomic E-state index is -1.02. The Labute approximate surface area is 38.0 Å². The van der Waals surface area contributed by atoms with E-state index in [4.69, 9.17) is 5.21 Å². The SMILES string of the molecule is O=C1OC(=O)N1O. The van der Waals surface area contributed by atoms with Gasteiger partial charge in [-0.1, -0.05) is 5.06 Å². The molecule has 1 saturated heterocycles. The van der Waals surface area contributed by atoms with E-state index >= 15 is 0 Å². The first-order valence-electron chi connectivity index (χ1n) is 1.46. The Morgan fingerprint density at radius 3 is 1.86 bits per heavy atom. The molecule has 1 heterocycles. The first kappa shape index (κ1) is 4.07. The molecule has 0 unspecified atom stereocenters. The summed E-state index contributed by atoms with van der Waals surface area (Å²) in [5.74, 6) is 0. The van der Waals surface area contributed by atoms with E-state index in [1.54, 1.807) is 0 Å². The molecule has 1 N–H and O–H groups in total. The van der Waals surface area contributed by atoms with E-state index in [-0.39, 0.29) is 5.06 Å². The number of nitrogens with zero attached hydrogens (tertiary/aromatic N) is 1. The smallest absolute Gasteiger partial charge is 0.355 e. The number of hydroxylamine groups is 2. The standard InChI is InChI=1S/C2HNO4/c4-1-3(6)2(5)7-1/h6H. The zero-order valence-corrected chi connectivity index (χ0v) is 3.12. The van der Waals surface area contributed by atoms with Gasteiger partial charge in [0.15, 0.2) is 0 Å². The van der Waals surface area contributed by atoms with Crippen LogP contribution in [0.25, 0.3) is 0 Å². The predicted octanol–water partition coefficient (Wildman–Crippen LogP) is -0.0522. The van der Waals surface area contributed by atoms with Crippen LogP contribution in [0.2, 0.25) is 0 Å². The molecule has 38 valence electrons. The van der Waals surface area contributed by atoms with E-state index < -0.39 is 12.2 Å². The monoisotopic (exact) mass is 103 g/mol. The Morgan fingerprint density at radius 2 is 1.86 bits per heavy atom. The molecular formula is C2HNO4. The second-order valence-electron chi connectivity index (χ2n) is 0.946. The molecule has 5 nitrogen and oxygen atoms in total. The van der Waals surface area contributed by atoms with Crippen molar-refractivity contribution in [1.82, 2.24) is 5.06 Å². The Kier molecular flexibility index (Phi) is 0.547. The molecule has 0 aromatic heterocycles. The van der Waals surface area contributed by atoms with E-state index in [9.17, 15) is 9.59 Å². The number of hydrogen-bond acceptors (Lipinski definition) is 4. The van der Waals surface area contributed by atoms with Crippen molar-refractivity contribution in [1.29, 1.82) is 0 Å². The molecule has 0 aromatic rings. The minimum absolute atomic E-state index is 0.111. The summed E-state index contributed by atoms with van der Waals surface area (Å²) in [7, 11) is 0. The lowest BCUT2D eigenvalue weighted by Crippen LogP contribution is -2.47. The number of carbonyl (C=O) groups excluding carboxylic acids is 2. The molecule has 0 aromatic carbocycles. The quantitative estimate of drug-likeness (QED) is 0.344. The zero-order chi connectivity index (χ0) is 5.44. The topological polar surface area (TPSA) is 66.8 Å². The second-order valence-corrected chi connectivity index (χ2v) is 0.946. The first-order chi connectivity index (χ1) is 3.22. The van der Waals surface area contributed by atoms with Gasteiger partial charge in [0, 0.05) is 0 Å². The fourth-order valence-electron chi connectivity index (χ4n) is 0.197. The summed E-state index contributed by atoms with van der Waals surface area (Å²) in [5.41, 5.74) is 0. The van der Waals surface area contributed by atoms with Crippen molar-refractivity contribution >= 4 is 12.2 Å². The van der Waals surface area contributed by atoms with Crippen LogP contribution < -0.4 is 0 Å². The van der Waals surface area contributed by atoms with Gasteiger partial charge in [-0.25, -0.2) is 9.59 Å². The number of rotatable bonds is 0. The highest BCUT2D eigenvalue weighted by atomic mass is 16.8. The molecule has 1 aliphatic heterocycles. The van der Waals surface area contributed by atoms with Crippen LogP contribution in [0.15, 0.2) is 0 Å².